The average Bonchev–Trinajstić information content (AvgIpc) is 2.88. The Hall–Kier alpha value is -2.20. The molecule has 220 valence electrons. The molecule has 0 aromatic heterocycles. The number of nitrogens with zero attached hydrogens (tertiary/aromatic N) is 1. The van der Waals surface area contributed by atoms with Gasteiger partial charge in [0.05, 0.1) is 16.6 Å². The third-order valence-electron chi connectivity index (χ3n) is 7.66. The van der Waals surface area contributed by atoms with Gasteiger partial charge in [-0.1, -0.05) is 92.0 Å². The molecule has 2 atom stereocenters. The van der Waals surface area contributed by atoms with E-state index < -0.39 is 33.3 Å². The van der Waals surface area contributed by atoms with Gasteiger partial charge in [-0.3, -0.25) is 0 Å². The highest BCUT2D eigenvalue weighted by Crippen LogP contribution is 2.47. The van der Waals surface area contributed by atoms with Gasteiger partial charge in [0.1, 0.15) is 5.60 Å². The van der Waals surface area contributed by atoms with E-state index in [9.17, 15) is 13.0 Å². The molecule has 3 aromatic rings. The average molecular weight is 615 g/mol. The van der Waals surface area contributed by atoms with E-state index in [1.807, 2.05) is 61.5 Å². The molecule has 1 saturated carbocycles. The van der Waals surface area contributed by atoms with Gasteiger partial charge < -0.3 is 4.55 Å². The zero-order valence-electron chi connectivity index (χ0n) is 24.3. The van der Waals surface area contributed by atoms with E-state index in [0.717, 1.165) is 36.1 Å². The second kappa shape index (κ2) is 13.0. The van der Waals surface area contributed by atoms with E-state index in [1.165, 1.54) is 0 Å². The van der Waals surface area contributed by atoms with Crippen molar-refractivity contribution in [1.29, 1.82) is 0 Å². The number of hydrogen-bond acceptors (Lipinski definition) is 5. The van der Waals surface area contributed by atoms with Crippen molar-refractivity contribution in [1.82, 2.24) is 4.72 Å². The first-order valence-electron chi connectivity index (χ1n) is 13.9. The van der Waals surface area contributed by atoms with Gasteiger partial charge in [0.25, 0.3) is 11.6 Å². The molecule has 0 amide bonds. The van der Waals surface area contributed by atoms with Crippen molar-refractivity contribution in [3.63, 3.8) is 0 Å². The van der Waals surface area contributed by atoms with E-state index in [4.69, 9.17) is 20.2 Å². The maximum absolute atomic E-state index is 13.6. The molecule has 0 heterocycles. The molecule has 9 heteroatoms. The minimum absolute atomic E-state index is 0.146. The number of nitrogens with one attached hydrogen (secondary N) is 1. The van der Waals surface area contributed by atoms with Crippen molar-refractivity contribution >= 4 is 39.0 Å². The third-order valence-corrected chi connectivity index (χ3v) is 10.3. The largest absolute Gasteiger partial charge is 0.559 e. The van der Waals surface area contributed by atoms with E-state index in [0.29, 0.717) is 22.9 Å². The summed E-state index contributed by atoms with van der Waals surface area (Å²) in [6.07, 6.45) is 3.53. The molecule has 41 heavy (non-hydrogen) atoms. The summed E-state index contributed by atoms with van der Waals surface area (Å²) in [4.78, 5) is 0.146. The van der Waals surface area contributed by atoms with Gasteiger partial charge >= 0.3 is 0 Å². The first-order chi connectivity index (χ1) is 19.3. The summed E-state index contributed by atoms with van der Waals surface area (Å²) in [5.74, 6) is 0.293. The van der Waals surface area contributed by atoms with E-state index in [-0.39, 0.29) is 10.3 Å². The Morgan fingerprint density at radius 2 is 1.66 bits per heavy atom. The van der Waals surface area contributed by atoms with Gasteiger partial charge in [0.15, 0.2) is 0 Å². The van der Waals surface area contributed by atoms with E-state index in [2.05, 4.69) is 18.6 Å². The SMILES string of the molecule is Cc1ccc(S(=O)(=O)N[C@H](c2ccccc2)C(C)(C)O[S+]([O-])/N=C(\CC(C)C)C2(c3ccc(Cl)cc3)CCC2)cc1. The standard InChI is InChI=1S/C32H39ClN2O4S2/c1-23(2)22-29(32(20-9-21-32)26-14-16-27(33)17-15-26)34-40(36)39-31(4,5)30(25-10-7-6-8-11-25)35-41(37,38)28-18-12-24(3)13-19-28/h6-8,10-19,23,30,35H,9,20-22H2,1-5H3/b34-29+/t30-,40?/m1/s1. The highest BCUT2D eigenvalue weighted by atomic mass is 35.5. The van der Waals surface area contributed by atoms with Crippen molar-refractivity contribution in [3.8, 4) is 0 Å². The molecule has 1 aliphatic carbocycles. The van der Waals surface area contributed by atoms with Crippen molar-refractivity contribution in [2.45, 2.75) is 82.3 Å². The monoisotopic (exact) mass is 614 g/mol. The maximum Gasteiger partial charge on any atom is 0.271 e. The highest BCUT2D eigenvalue weighted by Gasteiger charge is 2.46. The number of sulfonamides is 1. The Kier molecular flexibility index (Phi) is 10.0. The molecule has 0 bridgehead atoms. The number of hydrogen-bond donors (Lipinski definition) is 1. The lowest BCUT2D eigenvalue weighted by Crippen LogP contribution is -2.46. The van der Waals surface area contributed by atoms with Crippen LogP contribution in [0.4, 0.5) is 0 Å². The molecule has 0 saturated heterocycles. The van der Waals surface area contributed by atoms with Gasteiger partial charge in [0, 0.05) is 10.4 Å². The van der Waals surface area contributed by atoms with E-state index in [1.54, 1.807) is 38.1 Å². The normalized spacial score (nSPS) is 17.2. The lowest BCUT2D eigenvalue weighted by atomic mass is 9.60. The minimum Gasteiger partial charge on any atom is -0.559 e. The molecular weight excluding hydrogens is 576 g/mol. The van der Waals surface area contributed by atoms with Gasteiger partial charge in [-0.25, -0.2) is 13.1 Å². The Morgan fingerprint density at radius 1 is 1.05 bits per heavy atom. The maximum atomic E-state index is 13.6. The summed E-state index contributed by atoms with van der Waals surface area (Å²) in [5.41, 5.74) is 2.06. The minimum atomic E-state index is -3.92. The molecular formula is C32H39ClN2O4S2. The molecule has 0 spiro atoms. The predicted octanol–water partition coefficient (Wildman–Crippen LogP) is 7.65. The first-order valence-corrected chi connectivity index (χ1v) is 16.8. The van der Waals surface area contributed by atoms with Crippen LogP contribution in [0.3, 0.4) is 0 Å². The number of rotatable bonds is 12. The lowest BCUT2D eigenvalue weighted by Gasteiger charge is -2.43. The molecule has 1 fully saturated rings. The Balaban J connectivity index is 1.66. The van der Waals surface area contributed by atoms with Crippen LogP contribution in [0.15, 0.2) is 88.2 Å². The predicted molar refractivity (Wildman–Crippen MR) is 168 cm³/mol. The summed E-state index contributed by atoms with van der Waals surface area (Å²) < 4.78 is 54.1. The second-order valence-corrected chi connectivity index (χ2v) is 14.7. The second-order valence-electron chi connectivity index (χ2n) is 11.8. The number of benzene rings is 3. The lowest BCUT2D eigenvalue weighted by molar-refractivity contribution is 0.0806. The fraction of sp³-hybridized carbons (Fsp3) is 0.406. The fourth-order valence-electron chi connectivity index (χ4n) is 5.29. The summed E-state index contributed by atoms with van der Waals surface area (Å²) in [7, 11) is -3.92. The van der Waals surface area contributed by atoms with Crippen LogP contribution in [-0.4, -0.2) is 24.3 Å². The van der Waals surface area contributed by atoms with Gasteiger partial charge in [0.2, 0.25) is 10.0 Å². The van der Waals surface area contributed by atoms with Crippen LogP contribution < -0.4 is 4.72 Å². The zero-order chi connectivity index (χ0) is 29.8. The fourth-order valence-corrected chi connectivity index (χ4v) is 7.70. The van der Waals surface area contributed by atoms with Crippen LogP contribution in [-0.2, 0) is 31.3 Å². The van der Waals surface area contributed by atoms with Crippen molar-refractivity contribution in [2.24, 2.45) is 10.3 Å². The quantitative estimate of drug-likeness (QED) is 0.168. The molecule has 4 rings (SSSR count). The molecule has 6 nitrogen and oxygen atoms in total. The zero-order valence-corrected chi connectivity index (χ0v) is 26.7. The van der Waals surface area contributed by atoms with Crippen LogP contribution in [0, 0.1) is 12.8 Å². The molecule has 1 aliphatic rings. The van der Waals surface area contributed by atoms with Crippen molar-refractivity contribution in [3.05, 3.63) is 101 Å². The van der Waals surface area contributed by atoms with Crippen LogP contribution in [0.25, 0.3) is 0 Å². The van der Waals surface area contributed by atoms with Gasteiger partial charge in [-0.05, 0) is 85.7 Å². The Labute approximate surface area is 253 Å². The van der Waals surface area contributed by atoms with E-state index >= 15 is 0 Å². The number of aryl methyl sites for hydroxylation is 1. The smallest absolute Gasteiger partial charge is 0.271 e. The molecule has 1 N–H and O–H groups in total. The molecule has 1 unspecified atom stereocenters. The topological polar surface area (TPSA) is 90.8 Å². The van der Waals surface area contributed by atoms with Crippen LogP contribution in [0.1, 0.15) is 76.1 Å². The van der Waals surface area contributed by atoms with Gasteiger partial charge in [-0.15, -0.1) is 4.18 Å². The van der Waals surface area contributed by atoms with Crippen LogP contribution in [0.2, 0.25) is 5.02 Å². The molecule has 3 aromatic carbocycles. The molecule has 0 radical (unpaired) electrons. The van der Waals surface area contributed by atoms with Crippen LogP contribution >= 0.6 is 11.6 Å². The summed E-state index contributed by atoms with van der Waals surface area (Å²) in [5, 5.41) is 0.666. The number of halogens is 1. The van der Waals surface area contributed by atoms with Gasteiger partial charge in [-0.2, -0.15) is 0 Å². The summed E-state index contributed by atoms with van der Waals surface area (Å²) in [6.45, 7) is 9.59. The first kappa shape index (κ1) is 31.7. The summed E-state index contributed by atoms with van der Waals surface area (Å²) in [6, 6.07) is 22.8. The van der Waals surface area contributed by atoms with Crippen LogP contribution in [0.5, 0.6) is 0 Å². The third kappa shape index (κ3) is 7.61. The molecule has 0 aliphatic heterocycles. The summed E-state index contributed by atoms with van der Waals surface area (Å²) >= 11 is 4.10. The highest BCUT2D eigenvalue weighted by molar-refractivity contribution is 7.89. The Morgan fingerprint density at radius 3 is 2.20 bits per heavy atom. The Bertz CT molecular complexity index is 1440. The van der Waals surface area contributed by atoms with Crippen molar-refractivity contribution < 1.29 is 17.2 Å². The van der Waals surface area contributed by atoms with Crippen molar-refractivity contribution in [2.75, 3.05) is 0 Å².